The Hall–Kier alpha value is -2.19. The van der Waals surface area contributed by atoms with E-state index in [4.69, 9.17) is 0 Å². The van der Waals surface area contributed by atoms with Crippen LogP contribution in [0.5, 0.6) is 0 Å². The van der Waals surface area contributed by atoms with Gasteiger partial charge in [-0.15, -0.1) is 0 Å². The summed E-state index contributed by atoms with van der Waals surface area (Å²) in [7, 11) is -3.16. The minimum Gasteiger partial charge on any atom is -0.352 e. The summed E-state index contributed by atoms with van der Waals surface area (Å²) in [4.78, 5) is 12.3. The first-order valence-corrected chi connectivity index (χ1v) is 10.1. The Morgan fingerprint density at radius 1 is 1.24 bits per heavy atom. The van der Waals surface area contributed by atoms with Crippen molar-refractivity contribution in [2.75, 3.05) is 19.3 Å². The second-order valence-electron chi connectivity index (χ2n) is 6.28. The summed E-state index contributed by atoms with van der Waals surface area (Å²) in [6.45, 7) is 1.23. The predicted octanol–water partition coefficient (Wildman–Crippen LogP) is 1.16. The molecule has 1 saturated heterocycles. The molecule has 3 rings (SSSR count). The summed E-state index contributed by atoms with van der Waals surface area (Å²) in [6.07, 6.45) is 5.95. The molecule has 1 amide bonds. The number of benzene rings is 1. The van der Waals surface area contributed by atoms with Gasteiger partial charge in [0.15, 0.2) is 0 Å². The molecular formula is C17H22N4O3S. The van der Waals surface area contributed by atoms with E-state index < -0.39 is 10.0 Å². The Morgan fingerprint density at radius 3 is 2.56 bits per heavy atom. The molecule has 1 fully saturated rings. The van der Waals surface area contributed by atoms with E-state index in [1.54, 1.807) is 10.9 Å². The molecule has 2 heterocycles. The van der Waals surface area contributed by atoms with Gasteiger partial charge in [-0.05, 0) is 25.0 Å². The Morgan fingerprint density at radius 2 is 1.92 bits per heavy atom. The Bertz CT molecular complexity index is 825. The van der Waals surface area contributed by atoms with E-state index in [-0.39, 0.29) is 11.8 Å². The average Bonchev–Trinajstić information content (AvgIpc) is 3.09. The summed E-state index contributed by atoms with van der Waals surface area (Å²) in [5, 5.41) is 7.23. The minimum absolute atomic E-state index is 0.0272. The highest BCUT2D eigenvalue weighted by Crippen LogP contribution is 2.19. The second-order valence-corrected chi connectivity index (χ2v) is 8.27. The third kappa shape index (κ3) is 4.46. The van der Waals surface area contributed by atoms with Crippen LogP contribution in [0.25, 0.3) is 5.69 Å². The number of piperidine rings is 1. The lowest BCUT2D eigenvalue weighted by atomic mass is 9.97. The highest BCUT2D eigenvalue weighted by molar-refractivity contribution is 7.88. The van der Waals surface area contributed by atoms with Gasteiger partial charge in [-0.2, -0.15) is 5.10 Å². The van der Waals surface area contributed by atoms with E-state index in [2.05, 4.69) is 10.4 Å². The van der Waals surface area contributed by atoms with Gasteiger partial charge in [-0.1, -0.05) is 18.2 Å². The molecular weight excluding hydrogens is 340 g/mol. The van der Waals surface area contributed by atoms with E-state index in [0.717, 1.165) is 11.3 Å². The standard InChI is InChI=1S/C17H22N4O3S/c1-25(23,24)20-9-7-15(8-10-20)17(22)18-11-14-12-19-21(13-14)16-5-3-2-4-6-16/h2-6,12-13,15H,7-11H2,1H3,(H,18,22). The molecule has 0 unspecified atom stereocenters. The molecule has 1 N–H and O–H groups in total. The number of sulfonamides is 1. The molecule has 0 aliphatic carbocycles. The fourth-order valence-corrected chi connectivity index (χ4v) is 3.83. The number of carbonyl (C=O) groups excluding carboxylic acids is 1. The van der Waals surface area contributed by atoms with Crippen LogP contribution in [0.2, 0.25) is 0 Å². The van der Waals surface area contributed by atoms with Crippen molar-refractivity contribution in [3.63, 3.8) is 0 Å². The van der Waals surface area contributed by atoms with Gasteiger partial charge in [0.2, 0.25) is 15.9 Å². The van der Waals surface area contributed by atoms with Crippen LogP contribution in [-0.2, 0) is 21.4 Å². The fraction of sp³-hybridized carbons (Fsp3) is 0.412. The summed E-state index contributed by atoms with van der Waals surface area (Å²) in [6, 6.07) is 9.77. The normalized spacial score (nSPS) is 16.7. The molecule has 1 aliphatic heterocycles. The zero-order valence-electron chi connectivity index (χ0n) is 14.1. The first kappa shape index (κ1) is 17.6. The van der Waals surface area contributed by atoms with Gasteiger partial charge in [0.1, 0.15) is 0 Å². The van der Waals surface area contributed by atoms with Crippen molar-refractivity contribution in [2.45, 2.75) is 19.4 Å². The molecule has 25 heavy (non-hydrogen) atoms. The van der Waals surface area contributed by atoms with Crippen molar-refractivity contribution in [3.05, 3.63) is 48.3 Å². The average molecular weight is 362 g/mol. The Kier molecular flexibility index (Phi) is 5.19. The van der Waals surface area contributed by atoms with Crippen LogP contribution < -0.4 is 5.32 Å². The number of amides is 1. The summed E-state index contributed by atoms with van der Waals surface area (Å²) < 4.78 is 26.2. The lowest BCUT2D eigenvalue weighted by Gasteiger charge is -2.29. The topological polar surface area (TPSA) is 84.3 Å². The van der Waals surface area contributed by atoms with Gasteiger partial charge >= 0.3 is 0 Å². The number of nitrogens with zero attached hydrogens (tertiary/aromatic N) is 3. The van der Waals surface area contributed by atoms with Crippen molar-refractivity contribution in [1.82, 2.24) is 19.4 Å². The number of carbonyl (C=O) groups is 1. The summed E-state index contributed by atoms with van der Waals surface area (Å²) in [5.41, 5.74) is 1.89. The molecule has 134 valence electrons. The number of rotatable bonds is 5. The molecule has 7 nitrogen and oxygen atoms in total. The number of para-hydroxylation sites is 1. The molecule has 1 aromatic heterocycles. The van der Waals surface area contributed by atoms with Crippen LogP contribution in [0.1, 0.15) is 18.4 Å². The van der Waals surface area contributed by atoms with E-state index in [1.807, 2.05) is 36.5 Å². The third-order valence-electron chi connectivity index (χ3n) is 4.42. The van der Waals surface area contributed by atoms with Gasteiger partial charge < -0.3 is 5.32 Å². The summed E-state index contributed by atoms with van der Waals surface area (Å²) in [5.74, 6) is -0.164. The monoisotopic (exact) mass is 362 g/mol. The number of aromatic nitrogens is 2. The largest absolute Gasteiger partial charge is 0.352 e. The number of hydrogen-bond acceptors (Lipinski definition) is 4. The molecule has 0 bridgehead atoms. The molecule has 1 aliphatic rings. The van der Waals surface area contributed by atoms with Gasteiger partial charge in [-0.25, -0.2) is 17.4 Å². The molecule has 0 spiro atoms. The predicted molar refractivity (Wildman–Crippen MR) is 94.6 cm³/mol. The van der Waals surface area contributed by atoms with Crippen LogP contribution in [0, 0.1) is 5.92 Å². The van der Waals surface area contributed by atoms with Crippen molar-refractivity contribution in [1.29, 1.82) is 0 Å². The van der Waals surface area contributed by atoms with E-state index in [0.29, 0.717) is 32.5 Å². The van der Waals surface area contributed by atoms with Crippen molar-refractivity contribution >= 4 is 15.9 Å². The molecule has 0 radical (unpaired) electrons. The molecule has 2 aromatic rings. The fourth-order valence-electron chi connectivity index (χ4n) is 2.96. The van der Waals surface area contributed by atoms with Crippen LogP contribution in [0.15, 0.2) is 42.7 Å². The van der Waals surface area contributed by atoms with Gasteiger partial charge in [0.25, 0.3) is 0 Å². The van der Waals surface area contributed by atoms with E-state index in [1.165, 1.54) is 10.6 Å². The molecule has 0 atom stereocenters. The van der Waals surface area contributed by atoms with Gasteiger partial charge in [0.05, 0.1) is 18.1 Å². The van der Waals surface area contributed by atoms with Crippen LogP contribution in [0.4, 0.5) is 0 Å². The highest BCUT2D eigenvalue weighted by Gasteiger charge is 2.28. The number of nitrogens with one attached hydrogen (secondary N) is 1. The SMILES string of the molecule is CS(=O)(=O)N1CCC(C(=O)NCc2cnn(-c3ccccc3)c2)CC1. The maximum absolute atomic E-state index is 12.3. The summed E-state index contributed by atoms with van der Waals surface area (Å²) >= 11 is 0. The smallest absolute Gasteiger partial charge is 0.223 e. The first-order valence-electron chi connectivity index (χ1n) is 8.25. The van der Waals surface area contributed by atoms with E-state index in [9.17, 15) is 13.2 Å². The van der Waals surface area contributed by atoms with Crippen molar-refractivity contribution in [3.8, 4) is 5.69 Å². The Labute approximate surface area is 147 Å². The zero-order valence-corrected chi connectivity index (χ0v) is 14.9. The molecule has 0 saturated carbocycles. The van der Waals surface area contributed by atoms with Crippen LogP contribution >= 0.6 is 0 Å². The van der Waals surface area contributed by atoms with Gasteiger partial charge in [0, 0.05) is 37.3 Å². The van der Waals surface area contributed by atoms with E-state index >= 15 is 0 Å². The lowest BCUT2D eigenvalue weighted by Crippen LogP contribution is -2.42. The first-order chi connectivity index (χ1) is 11.9. The van der Waals surface area contributed by atoms with Crippen LogP contribution in [0.3, 0.4) is 0 Å². The van der Waals surface area contributed by atoms with Crippen LogP contribution in [-0.4, -0.2) is 47.8 Å². The maximum Gasteiger partial charge on any atom is 0.223 e. The molecule has 1 aromatic carbocycles. The highest BCUT2D eigenvalue weighted by atomic mass is 32.2. The quantitative estimate of drug-likeness (QED) is 0.865. The zero-order chi connectivity index (χ0) is 17.9. The Balaban J connectivity index is 1.51. The lowest BCUT2D eigenvalue weighted by molar-refractivity contribution is -0.126. The van der Waals surface area contributed by atoms with Crippen molar-refractivity contribution < 1.29 is 13.2 Å². The number of hydrogen-bond donors (Lipinski definition) is 1. The molecule has 8 heteroatoms. The third-order valence-corrected chi connectivity index (χ3v) is 5.72. The minimum atomic E-state index is -3.16. The second kappa shape index (κ2) is 7.37. The maximum atomic E-state index is 12.3. The van der Waals surface area contributed by atoms with Crippen molar-refractivity contribution in [2.24, 2.45) is 5.92 Å². The van der Waals surface area contributed by atoms with Gasteiger partial charge in [-0.3, -0.25) is 4.79 Å².